The van der Waals surface area contributed by atoms with Gasteiger partial charge in [0.25, 0.3) is 0 Å². The van der Waals surface area contributed by atoms with Gasteiger partial charge in [-0.05, 0) is 24.3 Å². The number of piperazine rings is 1. The summed E-state index contributed by atoms with van der Waals surface area (Å²) in [6.45, 7) is 4.66. The van der Waals surface area contributed by atoms with Gasteiger partial charge in [0.1, 0.15) is 12.1 Å². The molecular weight excluding hydrogens is 280 g/mol. The van der Waals surface area contributed by atoms with E-state index in [9.17, 15) is 4.79 Å². The molecule has 2 rings (SSSR count). The molecule has 7 nitrogen and oxygen atoms in total. The van der Waals surface area contributed by atoms with E-state index in [4.69, 9.17) is 10.5 Å². The smallest absolute Gasteiger partial charge is 0.237 e. The number of rotatable bonds is 3. The van der Waals surface area contributed by atoms with Gasteiger partial charge in [-0.3, -0.25) is 10.2 Å². The molecule has 1 aliphatic rings. The predicted octanol–water partition coefficient (Wildman–Crippen LogP) is 1.17. The van der Waals surface area contributed by atoms with Crippen LogP contribution in [0.4, 0.5) is 11.4 Å². The largest absolute Gasteiger partial charge is 0.368 e. The fourth-order valence-electron chi connectivity index (χ4n) is 2.22. The number of anilines is 2. The lowest BCUT2D eigenvalue weighted by molar-refractivity contribution is -0.129. The molecule has 1 aromatic carbocycles. The van der Waals surface area contributed by atoms with Crippen LogP contribution in [0.3, 0.4) is 0 Å². The van der Waals surface area contributed by atoms with Gasteiger partial charge in [-0.15, -0.1) is 0 Å². The van der Waals surface area contributed by atoms with Crippen LogP contribution in [0.15, 0.2) is 29.4 Å². The average molecular weight is 296 g/mol. The molecule has 0 atom stereocenters. The van der Waals surface area contributed by atoms with Gasteiger partial charge in [0.15, 0.2) is 0 Å². The maximum atomic E-state index is 11.3. The minimum absolute atomic E-state index is 0.114. The Morgan fingerprint density at radius 1 is 1.14 bits per heavy atom. The van der Waals surface area contributed by atoms with Gasteiger partial charge >= 0.3 is 0 Å². The van der Waals surface area contributed by atoms with Crippen molar-refractivity contribution >= 4 is 23.0 Å². The van der Waals surface area contributed by atoms with Crippen molar-refractivity contribution in [1.82, 2.24) is 4.90 Å². The molecule has 1 fully saturated rings. The quantitative estimate of drug-likeness (QED) is 0.667. The fraction of sp³-hybridized carbons (Fsp3) is 0.333. The molecule has 112 valence electrons. The highest BCUT2D eigenvalue weighted by atomic mass is 16.2. The van der Waals surface area contributed by atoms with Crippen LogP contribution in [0.2, 0.25) is 0 Å². The molecule has 1 amide bonds. The molecule has 0 saturated carbocycles. The normalized spacial score (nSPS) is 13.8. The molecular formula is C15H16N6O. The Labute approximate surface area is 129 Å². The van der Waals surface area contributed by atoms with E-state index in [-0.39, 0.29) is 11.6 Å². The summed E-state index contributed by atoms with van der Waals surface area (Å²) in [5.41, 5.74) is 4.22. The van der Waals surface area contributed by atoms with Crippen LogP contribution in [0.5, 0.6) is 0 Å². The van der Waals surface area contributed by atoms with Gasteiger partial charge in [-0.1, -0.05) is 0 Å². The Balaban J connectivity index is 1.96. The van der Waals surface area contributed by atoms with Gasteiger partial charge in [0.2, 0.25) is 11.6 Å². The Hall–Kier alpha value is -3.06. The number of carbonyl (C=O) groups is 1. The first-order chi connectivity index (χ1) is 10.6. The molecule has 0 spiro atoms. The van der Waals surface area contributed by atoms with Gasteiger partial charge in [0, 0.05) is 38.8 Å². The van der Waals surface area contributed by atoms with E-state index < -0.39 is 0 Å². The summed E-state index contributed by atoms with van der Waals surface area (Å²) >= 11 is 0. The topological polar surface area (TPSA) is 95.5 Å². The van der Waals surface area contributed by atoms with Gasteiger partial charge in [-0.25, -0.2) is 0 Å². The molecule has 1 N–H and O–H groups in total. The van der Waals surface area contributed by atoms with Gasteiger partial charge in [0.05, 0.1) is 5.69 Å². The third-order valence-corrected chi connectivity index (χ3v) is 3.47. The lowest BCUT2D eigenvalue weighted by Crippen LogP contribution is -2.48. The summed E-state index contributed by atoms with van der Waals surface area (Å²) in [7, 11) is 0. The Morgan fingerprint density at radius 3 is 2.23 bits per heavy atom. The molecule has 22 heavy (non-hydrogen) atoms. The summed E-state index contributed by atoms with van der Waals surface area (Å²) in [5, 5.41) is 20.9. The van der Waals surface area contributed by atoms with E-state index in [0.29, 0.717) is 5.69 Å². The highest BCUT2D eigenvalue weighted by molar-refractivity contribution is 6.10. The molecule has 0 unspecified atom stereocenters. The highest BCUT2D eigenvalue weighted by Crippen LogP contribution is 2.19. The lowest BCUT2D eigenvalue weighted by Gasteiger charge is -2.35. The van der Waals surface area contributed by atoms with Crippen LogP contribution in [-0.4, -0.2) is 42.7 Å². The Bertz CT molecular complexity index is 628. The first-order valence-corrected chi connectivity index (χ1v) is 6.88. The maximum Gasteiger partial charge on any atom is 0.237 e. The summed E-state index contributed by atoms with van der Waals surface area (Å²) in [6.07, 6.45) is 0. The Kier molecular flexibility index (Phi) is 4.94. The number of hydrazone groups is 1. The van der Waals surface area contributed by atoms with Crippen molar-refractivity contribution in [3.8, 4) is 12.1 Å². The number of hydrogen-bond donors (Lipinski definition) is 1. The number of nitrogens with zero attached hydrogens (tertiary/aromatic N) is 5. The van der Waals surface area contributed by atoms with E-state index in [0.717, 1.165) is 31.9 Å². The number of nitriles is 2. The number of benzene rings is 1. The van der Waals surface area contributed by atoms with Crippen LogP contribution in [0.25, 0.3) is 0 Å². The fourth-order valence-corrected chi connectivity index (χ4v) is 2.22. The van der Waals surface area contributed by atoms with Crippen molar-refractivity contribution < 1.29 is 4.79 Å². The molecule has 1 aliphatic heterocycles. The summed E-state index contributed by atoms with van der Waals surface area (Å²) in [6, 6.07) is 10.9. The maximum absolute atomic E-state index is 11.3. The monoisotopic (exact) mass is 296 g/mol. The van der Waals surface area contributed by atoms with Crippen LogP contribution in [-0.2, 0) is 4.79 Å². The molecule has 1 aromatic rings. The van der Waals surface area contributed by atoms with Crippen molar-refractivity contribution in [2.75, 3.05) is 36.5 Å². The Morgan fingerprint density at radius 2 is 1.73 bits per heavy atom. The lowest BCUT2D eigenvalue weighted by atomic mass is 10.2. The average Bonchev–Trinajstić information content (AvgIpc) is 2.56. The summed E-state index contributed by atoms with van der Waals surface area (Å²) in [4.78, 5) is 15.4. The predicted molar refractivity (Wildman–Crippen MR) is 83.2 cm³/mol. The summed E-state index contributed by atoms with van der Waals surface area (Å²) in [5.74, 6) is 0.114. The third kappa shape index (κ3) is 3.74. The van der Waals surface area contributed by atoms with Crippen LogP contribution in [0, 0.1) is 22.7 Å². The second-order valence-electron chi connectivity index (χ2n) is 4.84. The molecule has 0 radical (unpaired) electrons. The minimum Gasteiger partial charge on any atom is -0.368 e. The van der Waals surface area contributed by atoms with E-state index in [1.54, 1.807) is 19.1 Å². The van der Waals surface area contributed by atoms with E-state index >= 15 is 0 Å². The molecule has 0 aromatic heterocycles. The van der Waals surface area contributed by atoms with Crippen molar-refractivity contribution in [2.24, 2.45) is 5.10 Å². The number of amides is 1. The minimum atomic E-state index is -0.218. The van der Waals surface area contributed by atoms with E-state index in [1.807, 2.05) is 29.2 Å². The molecule has 1 heterocycles. The zero-order valence-electron chi connectivity index (χ0n) is 12.3. The standard InChI is InChI=1S/C15H16N6O/c1-12(22)20-6-8-21(9-7-20)15-4-2-13(3-5-15)18-19-14(10-16)11-17/h2-5,18H,6-9H2,1H3. The highest BCUT2D eigenvalue weighted by Gasteiger charge is 2.18. The third-order valence-electron chi connectivity index (χ3n) is 3.47. The molecule has 7 heteroatoms. The second-order valence-corrected chi connectivity index (χ2v) is 4.84. The van der Waals surface area contributed by atoms with Crippen molar-refractivity contribution in [3.05, 3.63) is 24.3 Å². The first kappa shape index (κ1) is 15.3. The number of carbonyl (C=O) groups excluding carboxylic acids is 1. The zero-order valence-corrected chi connectivity index (χ0v) is 12.3. The van der Waals surface area contributed by atoms with Crippen molar-refractivity contribution in [3.63, 3.8) is 0 Å². The van der Waals surface area contributed by atoms with Gasteiger partial charge in [-0.2, -0.15) is 15.6 Å². The zero-order chi connectivity index (χ0) is 15.9. The van der Waals surface area contributed by atoms with E-state index in [2.05, 4.69) is 15.4 Å². The van der Waals surface area contributed by atoms with Crippen molar-refractivity contribution in [2.45, 2.75) is 6.92 Å². The van der Waals surface area contributed by atoms with Crippen molar-refractivity contribution in [1.29, 1.82) is 10.5 Å². The SMILES string of the molecule is CC(=O)N1CCN(c2ccc(NN=C(C#N)C#N)cc2)CC1. The van der Waals surface area contributed by atoms with Crippen LogP contribution in [0.1, 0.15) is 6.92 Å². The van der Waals surface area contributed by atoms with E-state index in [1.165, 1.54) is 0 Å². The van der Waals surface area contributed by atoms with Gasteiger partial charge < -0.3 is 9.80 Å². The van der Waals surface area contributed by atoms with Crippen LogP contribution < -0.4 is 10.3 Å². The molecule has 0 aliphatic carbocycles. The molecule has 0 bridgehead atoms. The summed E-state index contributed by atoms with van der Waals surface area (Å²) < 4.78 is 0. The second kappa shape index (κ2) is 7.09. The molecule has 1 saturated heterocycles. The number of nitrogens with one attached hydrogen (secondary N) is 1. The first-order valence-electron chi connectivity index (χ1n) is 6.88. The van der Waals surface area contributed by atoms with Crippen LogP contribution >= 0.6 is 0 Å². The number of hydrogen-bond acceptors (Lipinski definition) is 6.